The van der Waals surface area contributed by atoms with E-state index in [1.54, 1.807) is 26.2 Å². The molecule has 0 fully saturated rings. The minimum atomic E-state index is -1.01. The number of carboxylic acids is 1. The van der Waals surface area contributed by atoms with Crippen LogP contribution in [0.25, 0.3) is 0 Å². The van der Waals surface area contributed by atoms with E-state index < -0.39 is 23.7 Å². The maximum Gasteiger partial charge on any atom is 0.408 e. The van der Waals surface area contributed by atoms with Crippen molar-refractivity contribution in [3.63, 3.8) is 0 Å². The summed E-state index contributed by atoms with van der Waals surface area (Å²) in [6, 6.07) is -0.683. The van der Waals surface area contributed by atoms with E-state index in [4.69, 9.17) is 9.84 Å². The van der Waals surface area contributed by atoms with Gasteiger partial charge in [0.1, 0.15) is 5.60 Å². The fraction of sp³-hybridized carbons (Fsp3) is 0.583. The van der Waals surface area contributed by atoms with E-state index in [1.807, 2.05) is 6.92 Å². The van der Waals surface area contributed by atoms with Crippen LogP contribution in [0.2, 0.25) is 0 Å². The Labute approximate surface area is 115 Å². The summed E-state index contributed by atoms with van der Waals surface area (Å²) in [4.78, 5) is 26.7. The third-order valence-corrected chi connectivity index (χ3v) is 2.86. The van der Waals surface area contributed by atoms with Crippen LogP contribution in [-0.2, 0) is 9.53 Å². The largest absolute Gasteiger partial charge is 0.481 e. The summed E-state index contributed by atoms with van der Waals surface area (Å²) >= 11 is 1.40. The smallest absolute Gasteiger partial charge is 0.408 e. The SMILES string of the molecule is Cc1nc([C@@H](CC(=O)O)NC(=O)OC(C)(C)C)cs1. The van der Waals surface area contributed by atoms with Gasteiger partial charge < -0.3 is 15.2 Å². The molecule has 2 N–H and O–H groups in total. The molecule has 0 unspecified atom stereocenters. The average Bonchev–Trinajstić information content (AvgIpc) is 2.60. The highest BCUT2D eigenvalue weighted by Gasteiger charge is 2.23. The Hall–Kier alpha value is -1.63. The van der Waals surface area contributed by atoms with Gasteiger partial charge in [-0.1, -0.05) is 0 Å². The molecule has 0 aliphatic carbocycles. The number of nitrogens with one attached hydrogen (secondary N) is 1. The van der Waals surface area contributed by atoms with Crippen LogP contribution in [0.1, 0.15) is 43.9 Å². The van der Waals surface area contributed by atoms with E-state index in [0.29, 0.717) is 5.69 Å². The molecular weight excluding hydrogens is 268 g/mol. The first-order valence-corrected chi connectivity index (χ1v) is 6.68. The normalized spacial score (nSPS) is 12.8. The molecule has 7 heteroatoms. The molecule has 106 valence electrons. The quantitative estimate of drug-likeness (QED) is 0.887. The van der Waals surface area contributed by atoms with Crippen LogP contribution in [-0.4, -0.2) is 27.8 Å². The highest BCUT2D eigenvalue weighted by molar-refractivity contribution is 7.09. The number of amides is 1. The number of rotatable bonds is 4. The first kappa shape index (κ1) is 15.4. The second kappa shape index (κ2) is 6.01. The predicted octanol–water partition coefficient (Wildman–Crippen LogP) is 2.49. The van der Waals surface area contributed by atoms with Gasteiger partial charge in [-0.05, 0) is 27.7 Å². The summed E-state index contributed by atoms with van der Waals surface area (Å²) in [5.74, 6) is -1.01. The lowest BCUT2D eigenvalue weighted by atomic mass is 10.1. The van der Waals surface area contributed by atoms with Crippen molar-refractivity contribution in [1.82, 2.24) is 10.3 Å². The average molecular weight is 286 g/mol. The Kier molecular flexibility index (Phi) is 4.88. The number of ether oxygens (including phenoxy) is 1. The van der Waals surface area contributed by atoms with Crippen molar-refractivity contribution in [3.05, 3.63) is 16.1 Å². The van der Waals surface area contributed by atoms with Crippen LogP contribution in [0.3, 0.4) is 0 Å². The van der Waals surface area contributed by atoms with E-state index in [9.17, 15) is 9.59 Å². The van der Waals surface area contributed by atoms with Crippen LogP contribution < -0.4 is 5.32 Å². The predicted molar refractivity (Wildman–Crippen MR) is 71.2 cm³/mol. The second-order valence-electron chi connectivity index (χ2n) is 5.09. The number of carboxylic acid groups (broad SMARTS) is 1. The molecule has 1 aromatic rings. The van der Waals surface area contributed by atoms with Crippen molar-refractivity contribution < 1.29 is 19.4 Å². The Morgan fingerprint density at radius 1 is 1.53 bits per heavy atom. The molecule has 1 aromatic heterocycles. The lowest BCUT2D eigenvalue weighted by Gasteiger charge is -2.22. The summed E-state index contributed by atoms with van der Waals surface area (Å²) in [5, 5.41) is 14.0. The molecule has 0 aliphatic rings. The molecule has 0 aliphatic heterocycles. The number of thiazole rings is 1. The third-order valence-electron chi connectivity index (χ3n) is 2.06. The molecule has 0 spiro atoms. The minimum Gasteiger partial charge on any atom is -0.481 e. The topological polar surface area (TPSA) is 88.5 Å². The van der Waals surface area contributed by atoms with E-state index in [1.165, 1.54) is 11.3 Å². The molecule has 1 rings (SSSR count). The van der Waals surface area contributed by atoms with Crippen LogP contribution in [0.5, 0.6) is 0 Å². The Morgan fingerprint density at radius 3 is 2.58 bits per heavy atom. The van der Waals surface area contributed by atoms with Crippen molar-refractivity contribution >= 4 is 23.4 Å². The summed E-state index contributed by atoms with van der Waals surface area (Å²) in [7, 11) is 0. The summed E-state index contributed by atoms with van der Waals surface area (Å²) in [6.45, 7) is 7.04. The molecule has 6 nitrogen and oxygen atoms in total. The number of nitrogens with zero attached hydrogens (tertiary/aromatic N) is 1. The number of aromatic nitrogens is 1. The molecule has 1 amide bonds. The van der Waals surface area contributed by atoms with E-state index in [0.717, 1.165) is 5.01 Å². The molecule has 0 bridgehead atoms. The van der Waals surface area contributed by atoms with Crippen LogP contribution in [0, 0.1) is 6.92 Å². The van der Waals surface area contributed by atoms with Gasteiger partial charge in [0.05, 0.1) is 23.2 Å². The molecule has 0 saturated carbocycles. The second-order valence-corrected chi connectivity index (χ2v) is 6.15. The molecule has 19 heavy (non-hydrogen) atoms. The van der Waals surface area contributed by atoms with E-state index >= 15 is 0 Å². The molecule has 0 radical (unpaired) electrons. The lowest BCUT2D eigenvalue weighted by Crippen LogP contribution is -2.36. The van der Waals surface area contributed by atoms with Crippen molar-refractivity contribution in [3.8, 4) is 0 Å². The van der Waals surface area contributed by atoms with Gasteiger partial charge in [0.15, 0.2) is 0 Å². The van der Waals surface area contributed by atoms with Crippen molar-refractivity contribution in [2.75, 3.05) is 0 Å². The molecule has 1 atom stereocenters. The maximum absolute atomic E-state index is 11.7. The zero-order valence-electron chi connectivity index (χ0n) is 11.4. The van der Waals surface area contributed by atoms with Crippen molar-refractivity contribution in [1.29, 1.82) is 0 Å². The van der Waals surface area contributed by atoms with Gasteiger partial charge in [-0.15, -0.1) is 11.3 Å². The highest BCUT2D eigenvalue weighted by atomic mass is 32.1. The number of aryl methyl sites for hydroxylation is 1. The Balaban J connectivity index is 2.76. The van der Waals surface area contributed by atoms with Crippen LogP contribution >= 0.6 is 11.3 Å². The fourth-order valence-electron chi connectivity index (χ4n) is 1.39. The number of alkyl carbamates (subject to hydrolysis) is 1. The summed E-state index contributed by atoms with van der Waals surface area (Å²) in [6.07, 6.45) is -0.882. The number of carbonyl (C=O) groups is 2. The molecule has 0 aromatic carbocycles. The van der Waals surface area contributed by atoms with E-state index in [-0.39, 0.29) is 6.42 Å². The number of hydrogen-bond donors (Lipinski definition) is 2. The van der Waals surface area contributed by atoms with Gasteiger partial charge in [0.25, 0.3) is 0 Å². The van der Waals surface area contributed by atoms with Crippen molar-refractivity contribution in [2.24, 2.45) is 0 Å². The van der Waals surface area contributed by atoms with Crippen LogP contribution in [0.4, 0.5) is 4.79 Å². The van der Waals surface area contributed by atoms with Gasteiger partial charge in [-0.2, -0.15) is 0 Å². The highest BCUT2D eigenvalue weighted by Crippen LogP contribution is 2.20. The first-order valence-electron chi connectivity index (χ1n) is 5.80. The van der Waals surface area contributed by atoms with E-state index in [2.05, 4.69) is 10.3 Å². The zero-order valence-corrected chi connectivity index (χ0v) is 12.2. The molecule has 0 saturated heterocycles. The number of aliphatic carboxylic acids is 1. The number of carbonyl (C=O) groups excluding carboxylic acids is 1. The zero-order chi connectivity index (χ0) is 14.6. The fourth-order valence-corrected chi connectivity index (χ4v) is 2.06. The summed E-state index contributed by atoms with van der Waals surface area (Å²) < 4.78 is 5.11. The van der Waals surface area contributed by atoms with Gasteiger partial charge >= 0.3 is 12.1 Å². The van der Waals surface area contributed by atoms with Gasteiger partial charge in [-0.25, -0.2) is 9.78 Å². The Morgan fingerprint density at radius 2 is 2.16 bits per heavy atom. The van der Waals surface area contributed by atoms with Crippen molar-refractivity contribution in [2.45, 2.75) is 45.8 Å². The minimum absolute atomic E-state index is 0.234. The molecule has 1 heterocycles. The standard InChI is InChI=1S/C12H18N2O4S/c1-7-13-9(6-19-7)8(5-10(15)16)14-11(17)18-12(2,3)4/h6,8H,5H2,1-4H3,(H,14,17)(H,15,16)/t8-/m1/s1. The Bertz CT molecular complexity index is 465. The van der Waals surface area contributed by atoms with Gasteiger partial charge in [0, 0.05) is 5.38 Å². The first-order chi connectivity index (χ1) is 8.67. The molecular formula is C12H18N2O4S. The summed E-state index contributed by atoms with van der Waals surface area (Å²) in [5.41, 5.74) is -0.0914. The number of hydrogen-bond acceptors (Lipinski definition) is 5. The lowest BCUT2D eigenvalue weighted by molar-refractivity contribution is -0.137. The monoisotopic (exact) mass is 286 g/mol. The maximum atomic E-state index is 11.7. The van der Waals surface area contributed by atoms with Crippen LogP contribution in [0.15, 0.2) is 5.38 Å². The van der Waals surface area contributed by atoms with Gasteiger partial charge in [-0.3, -0.25) is 4.79 Å². The third kappa shape index (κ3) is 5.69. The van der Waals surface area contributed by atoms with Gasteiger partial charge in [0.2, 0.25) is 0 Å².